The Bertz CT molecular complexity index is 1530. The first-order valence-electron chi connectivity index (χ1n) is 17.2. The van der Waals surface area contributed by atoms with Crippen LogP contribution in [0.4, 0.5) is 26.3 Å². The van der Waals surface area contributed by atoms with Crippen LogP contribution < -0.4 is 16.4 Å². The number of amidine groups is 2. The molecule has 1 heterocycles. The van der Waals surface area contributed by atoms with E-state index in [9.17, 15) is 35.9 Å². The average molecular weight is 741 g/mol. The molecule has 1 aliphatic carbocycles. The topological polar surface area (TPSA) is 172 Å². The van der Waals surface area contributed by atoms with Gasteiger partial charge in [0.2, 0.25) is 11.8 Å². The van der Waals surface area contributed by atoms with Gasteiger partial charge < -0.3 is 26.4 Å². The van der Waals surface area contributed by atoms with Gasteiger partial charge in [-0.25, -0.2) is 4.79 Å². The minimum Gasteiger partial charge on any atom is -0.475 e. The number of carbonyl (C=O) groups is 3. The first kappa shape index (κ1) is 41.8. The smallest absolute Gasteiger partial charge is 0.475 e. The second kappa shape index (κ2) is 18.7. The molecule has 0 radical (unpaired) electrons. The molecule has 1 aliphatic heterocycles. The Kier molecular flexibility index (Phi) is 15.1. The van der Waals surface area contributed by atoms with Gasteiger partial charge in [0.25, 0.3) is 0 Å². The third-order valence-corrected chi connectivity index (χ3v) is 9.48. The quantitative estimate of drug-likeness (QED) is 0.0906. The summed E-state index contributed by atoms with van der Waals surface area (Å²) in [5.74, 6) is -3.77. The lowest BCUT2D eigenvalue weighted by molar-refractivity contribution is -0.192. The number of piperidine rings is 1. The van der Waals surface area contributed by atoms with Crippen LogP contribution in [0.5, 0.6) is 0 Å². The highest BCUT2D eigenvalue weighted by Gasteiger charge is 2.38. The fourth-order valence-electron chi connectivity index (χ4n) is 6.45. The van der Waals surface area contributed by atoms with Gasteiger partial charge in [-0.1, -0.05) is 68.7 Å². The maximum absolute atomic E-state index is 14.0. The Labute approximate surface area is 298 Å². The number of hydrogen-bond acceptors (Lipinski definition) is 5. The van der Waals surface area contributed by atoms with Crippen molar-refractivity contribution in [1.29, 1.82) is 10.8 Å². The minimum atomic E-state index is -5.08. The van der Waals surface area contributed by atoms with Crippen molar-refractivity contribution in [3.63, 3.8) is 0 Å². The third-order valence-electron chi connectivity index (χ3n) is 9.48. The van der Waals surface area contributed by atoms with Crippen LogP contribution in [0.2, 0.25) is 0 Å². The van der Waals surface area contributed by atoms with Crippen LogP contribution in [0, 0.1) is 22.7 Å². The minimum absolute atomic E-state index is 0.0633. The number of rotatable bonds is 11. The Morgan fingerprint density at radius 2 is 1.52 bits per heavy atom. The third kappa shape index (κ3) is 12.5. The predicted molar refractivity (Wildman–Crippen MR) is 183 cm³/mol. The SMILES string of the molecule is CCC(=N)N1CCC(CNC(=O)[C@@H](NC(=O)C(Cc2ccc(C(=N)N)cc2)c2cccc(C(F)(F)F)c2)C2CCCCC2)CC1.O=C(O)C(F)(F)F. The second-order valence-corrected chi connectivity index (χ2v) is 13.2. The highest BCUT2D eigenvalue weighted by atomic mass is 19.4. The molecule has 10 nitrogen and oxygen atoms in total. The van der Waals surface area contributed by atoms with Crippen LogP contribution in [0.1, 0.15) is 86.5 Å². The summed E-state index contributed by atoms with van der Waals surface area (Å²) in [5, 5.41) is 28.9. The molecule has 1 saturated carbocycles. The van der Waals surface area contributed by atoms with E-state index in [1.165, 1.54) is 12.1 Å². The van der Waals surface area contributed by atoms with Gasteiger partial charge in [-0.15, -0.1) is 0 Å². The van der Waals surface area contributed by atoms with Crippen molar-refractivity contribution < 1.29 is 45.8 Å². The number of nitrogen functional groups attached to an aromatic ring is 1. The van der Waals surface area contributed by atoms with Crippen LogP contribution in [0.15, 0.2) is 48.5 Å². The number of aliphatic carboxylic acids is 1. The molecule has 4 rings (SSSR count). The van der Waals surface area contributed by atoms with Crippen molar-refractivity contribution in [3.8, 4) is 0 Å². The molecule has 0 bridgehead atoms. The van der Waals surface area contributed by atoms with Crippen LogP contribution in [-0.2, 0) is 27.0 Å². The summed E-state index contributed by atoms with van der Waals surface area (Å²) in [6.45, 7) is 4.00. The molecule has 2 amide bonds. The molecular formula is C36H46F6N6O4. The zero-order chi connectivity index (χ0) is 38.6. The van der Waals surface area contributed by atoms with Crippen molar-refractivity contribution in [2.24, 2.45) is 17.6 Å². The van der Waals surface area contributed by atoms with Gasteiger partial charge in [-0.3, -0.25) is 20.4 Å². The number of alkyl halides is 6. The summed E-state index contributed by atoms with van der Waals surface area (Å²) in [6.07, 6.45) is -2.59. The summed E-state index contributed by atoms with van der Waals surface area (Å²) in [6, 6.07) is 10.7. The fraction of sp³-hybridized carbons (Fsp3) is 0.528. The molecule has 2 aliphatic rings. The van der Waals surface area contributed by atoms with Gasteiger partial charge >= 0.3 is 18.3 Å². The lowest BCUT2D eigenvalue weighted by atomic mass is 9.82. The van der Waals surface area contributed by atoms with E-state index in [0.29, 0.717) is 29.9 Å². The van der Waals surface area contributed by atoms with Crippen molar-refractivity contribution in [3.05, 3.63) is 70.8 Å². The molecule has 286 valence electrons. The number of carboxylic acids is 1. The number of carbonyl (C=O) groups excluding carboxylic acids is 2. The monoisotopic (exact) mass is 740 g/mol. The maximum atomic E-state index is 14.0. The molecule has 1 unspecified atom stereocenters. The van der Waals surface area contributed by atoms with Crippen LogP contribution in [0.25, 0.3) is 0 Å². The van der Waals surface area contributed by atoms with Gasteiger partial charge in [0.15, 0.2) is 0 Å². The molecule has 52 heavy (non-hydrogen) atoms. The molecular weight excluding hydrogens is 694 g/mol. The van der Waals surface area contributed by atoms with E-state index >= 15 is 0 Å². The predicted octanol–water partition coefficient (Wildman–Crippen LogP) is 6.23. The summed E-state index contributed by atoms with van der Waals surface area (Å²) >= 11 is 0. The number of carboxylic acid groups (broad SMARTS) is 1. The van der Waals surface area contributed by atoms with Gasteiger partial charge in [0, 0.05) is 31.6 Å². The van der Waals surface area contributed by atoms with E-state index in [0.717, 1.165) is 70.2 Å². The van der Waals surface area contributed by atoms with E-state index in [1.54, 1.807) is 24.3 Å². The normalized spacial score (nSPS) is 16.9. The van der Waals surface area contributed by atoms with Gasteiger partial charge in [0.1, 0.15) is 11.9 Å². The van der Waals surface area contributed by atoms with Gasteiger partial charge in [-0.05, 0) is 61.1 Å². The van der Waals surface area contributed by atoms with Crippen LogP contribution in [0.3, 0.4) is 0 Å². The summed E-state index contributed by atoms with van der Waals surface area (Å²) in [7, 11) is 0. The Morgan fingerprint density at radius 3 is 2.04 bits per heavy atom. The largest absolute Gasteiger partial charge is 0.490 e. The summed E-state index contributed by atoms with van der Waals surface area (Å²) < 4.78 is 72.7. The zero-order valence-electron chi connectivity index (χ0n) is 28.9. The van der Waals surface area contributed by atoms with Crippen molar-refractivity contribution in [1.82, 2.24) is 15.5 Å². The zero-order valence-corrected chi connectivity index (χ0v) is 28.9. The number of likely N-dealkylation sites (tertiary alicyclic amines) is 1. The summed E-state index contributed by atoms with van der Waals surface area (Å²) in [5.41, 5.74) is 6.14. The van der Waals surface area contributed by atoms with E-state index in [4.69, 9.17) is 26.5 Å². The number of nitrogens with two attached hydrogens (primary N) is 1. The molecule has 2 aromatic rings. The highest BCUT2D eigenvalue weighted by Crippen LogP contribution is 2.33. The van der Waals surface area contributed by atoms with Crippen molar-refractivity contribution >= 4 is 29.5 Å². The molecule has 0 aromatic heterocycles. The van der Waals surface area contributed by atoms with Crippen molar-refractivity contribution in [2.75, 3.05) is 19.6 Å². The average Bonchev–Trinajstić information content (AvgIpc) is 3.11. The molecule has 2 atom stereocenters. The van der Waals surface area contributed by atoms with Crippen LogP contribution >= 0.6 is 0 Å². The maximum Gasteiger partial charge on any atom is 0.490 e. The van der Waals surface area contributed by atoms with E-state index in [1.807, 2.05) is 6.92 Å². The molecule has 7 N–H and O–H groups in total. The molecule has 16 heteroatoms. The first-order chi connectivity index (χ1) is 24.4. The Hall–Kier alpha value is -4.63. The lowest BCUT2D eigenvalue weighted by Crippen LogP contribution is -2.53. The Morgan fingerprint density at radius 1 is 0.923 bits per heavy atom. The van der Waals surface area contributed by atoms with Crippen LogP contribution in [-0.4, -0.2) is 71.3 Å². The number of hydrogen-bond donors (Lipinski definition) is 6. The van der Waals surface area contributed by atoms with E-state index in [-0.39, 0.29) is 35.6 Å². The number of benzene rings is 2. The molecule has 1 saturated heterocycles. The van der Waals surface area contributed by atoms with Gasteiger partial charge in [-0.2, -0.15) is 26.3 Å². The molecule has 2 aromatic carbocycles. The number of amides is 2. The number of nitrogens with one attached hydrogen (secondary N) is 4. The molecule has 2 fully saturated rings. The first-order valence-corrected chi connectivity index (χ1v) is 17.2. The number of nitrogens with zero attached hydrogens (tertiary/aromatic N) is 1. The van der Waals surface area contributed by atoms with E-state index < -0.39 is 41.8 Å². The molecule has 0 spiro atoms. The lowest BCUT2D eigenvalue weighted by Gasteiger charge is -2.34. The van der Waals surface area contributed by atoms with Crippen molar-refractivity contribution in [2.45, 2.75) is 89.0 Å². The second-order valence-electron chi connectivity index (χ2n) is 13.2. The number of halogens is 6. The van der Waals surface area contributed by atoms with E-state index in [2.05, 4.69) is 15.5 Å². The fourth-order valence-corrected chi connectivity index (χ4v) is 6.45. The standard InChI is InChI=1S/C34H45F3N6O2.C2HF3O2/c1-2-29(38)43-17-15-23(16-18-43)21-41-33(45)30(24-7-4-3-5-8-24)42-32(44)28(19-22-11-13-25(14-12-22)31(39)40)26-9-6-10-27(20-26)34(35,36)37;3-2(4,5)1(6)7/h6,9-14,20,23-24,28,30,38H,2-5,7-8,15-19,21H2,1H3,(H3,39,40)(H,41,45)(H,42,44);(H,6,7)/t28?,30-;/m0./s1. The summed E-state index contributed by atoms with van der Waals surface area (Å²) in [4.78, 5) is 38.7. The highest BCUT2D eigenvalue weighted by molar-refractivity contribution is 5.95. The Balaban J connectivity index is 0.000000944. The van der Waals surface area contributed by atoms with Gasteiger partial charge in [0.05, 0.1) is 17.3 Å².